The molecule has 2 rings (SSSR count). The number of H-pyrrole nitrogens is 1. The zero-order valence-corrected chi connectivity index (χ0v) is 9.55. The summed E-state index contributed by atoms with van der Waals surface area (Å²) in [5.74, 6) is 1.84. The van der Waals surface area contributed by atoms with Gasteiger partial charge in [-0.25, -0.2) is 4.98 Å². The van der Waals surface area contributed by atoms with E-state index in [1.54, 1.807) is 0 Å². The van der Waals surface area contributed by atoms with Crippen LogP contribution in [0.25, 0.3) is 0 Å². The van der Waals surface area contributed by atoms with Gasteiger partial charge in [-0.15, -0.1) is 0 Å². The maximum atomic E-state index is 4.23. The smallest absolute Gasteiger partial charge is 0.200 e. The summed E-state index contributed by atoms with van der Waals surface area (Å²) >= 11 is 0. The van der Waals surface area contributed by atoms with Gasteiger partial charge in [0.05, 0.1) is 6.20 Å². The van der Waals surface area contributed by atoms with Gasteiger partial charge < -0.3 is 10.3 Å². The van der Waals surface area contributed by atoms with Gasteiger partial charge in [-0.1, -0.05) is 32.1 Å². The van der Waals surface area contributed by atoms with Crippen molar-refractivity contribution in [3.05, 3.63) is 11.9 Å². The second-order valence-corrected chi connectivity index (χ2v) is 4.55. The number of nitrogens with one attached hydrogen (secondary N) is 2. The first-order valence-corrected chi connectivity index (χ1v) is 6.10. The van der Waals surface area contributed by atoms with Crippen molar-refractivity contribution in [1.82, 2.24) is 9.97 Å². The molecule has 84 valence electrons. The van der Waals surface area contributed by atoms with Gasteiger partial charge >= 0.3 is 0 Å². The monoisotopic (exact) mass is 207 g/mol. The second kappa shape index (κ2) is 5.19. The van der Waals surface area contributed by atoms with Gasteiger partial charge in [0.2, 0.25) is 0 Å². The molecule has 1 aromatic rings. The number of nitrogens with zero attached hydrogens (tertiary/aromatic N) is 1. The number of aromatic amines is 1. The Hall–Kier alpha value is -0.990. The van der Waals surface area contributed by atoms with E-state index in [-0.39, 0.29) is 0 Å². The molecular weight excluding hydrogens is 186 g/mol. The minimum Gasteiger partial charge on any atom is -0.359 e. The van der Waals surface area contributed by atoms with Crippen molar-refractivity contribution in [1.29, 1.82) is 0 Å². The highest BCUT2D eigenvalue weighted by molar-refractivity contribution is 5.24. The van der Waals surface area contributed by atoms with Crippen LogP contribution in [0.3, 0.4) is 0 Å². The van der Waals surface area contributed by atoms with Crippen LogP contribution in [0, 0.1) is 5.92 Å². The number of aryl methyl sites for hydroxylation is 1. The predicted octanol–water partition coefficient (Wildman–Crippen LogP) is 2.96. The molecule has 0 atom stereocenters. The third kappa shape index (κ3) is 2.98. The summed E-state index contributed by atoms with van der Waals surface area (Å²) in [5.41, 5.74) is 1.27. The molecule has 0 aromatic carbocycles. The maximum absolute atomic E-state index is 4.23. The van der Waals surface area contributed by atoms with Crippen molar-refractivity contribution in [3.63, 3.8) is 0 Å². The summed E-state index contributed by atoms with van der Waals surface area (Å²) in [6, 6.07) is 0. The lowest BCUT2D eigenvalue weighted by Crippen LogP contribution is -2.07. The molecule has 1 aliphatic rings. The average Bonchev–Trinajstić information content (AvgIpc) is 2.76. The van der Waals surface area contributed by atoms with Gasteiger partial charge in [-0.05, 0) is 18.8 Å². The van der Waals surface area contributed by atoms with Crippen molar-refractivity contribution in [2.45, 2.75) is 44.9 Å². The Kier molecular flexibility index (Phi) is 3.64. The molecule has 0 unspecified atom stereocenters. The molecule has 0 radical (unpaired) electrons. The number of aromatic nitrogens is 2. The van der Waals surface area contributed by atoms with E-state index in [1.807, 2.05) is 13.2 Å². The van der Waals surface area contributed by atoms with Crippen LogP contribution in [0.5, 0.6) is 0 Å². The Morgan fingerprint density at radius 2 is 2.20 bits per heavy atom. The van der Waals surface area contributed by atoms with Gasteiger partial charge in [0, 0.05) is 12.7 Å². The number of rotatable bonds is 4. The normalized spacial score (nSPS) is 17.9. The largest absolute Gasteiger partial charge is 0.359 e. The lowest BCUT2D eigenvalue weighted by molar-refractivity contribution is 0.338. The molecule has 1 aliphatic carbocycles. The van der Waals surface area contributed by atoms with Crippen molar-refractivity contribution in [3.8, 4) is 0 Å². The maximum Gasteiger partial charge on any atom is 0.200 e. The molecule has 0 spiro atoms. The molecule has 1 heterocycles. The van der Waals surface area contributed by atoms with Gasteiger partial charge in [-0.3, -0.25) is 0 Å². The van der Waals surface area contributed by atoms with E-state index in [9.17, 15) is 0 Å². The molecule has 0 aliphatic heterocycles. The Morgan fingerprint density at radius 1 is 1.40 bits per heavy atom. The van der Waals surface area contributed by atoms with Crippen molar-refractivity contribution in [2.75, 3.05) is 12.4 Å². The molecule has 3 nitrogen and oxygen atoms in total. The van der Waals surface area contributed by atoms with E-state index in [0.717, 1.165) is 18.3 Å². The average molecular weight is 207 g/mol. The van der Waals surface area contributed by atoms with Crippen LogP contribution in [-0.4, -0.2) is 17.0 Å². The highest BCUT2D eigenvalue weighted by Crippen LogP contribution is 2.27. The van der Waals surface area contributed by atoms with Crippen LogP contribution in [0.4, 0.5) is 5.95 Å². The summed E-state index contributed by atoms with van der Waals surface area (Å²) in [7, 11) is 1.89. The second-order valence-electron chi connectivity index (χ2n) is 4.55. The molecule has 0 amide bonds. The topological polar surface area (TPSA) is 40.7 Å². The third-order valence-electron chi connectivity index (χ3n) is 3.41. The zero-order valence-electron chi connectivity index (χ0n) is 9.55. The first kappa shape index (κ1) is 10.5. The Morgan fingerprint density at radius 3 is 2.87 bits per heavy atom. The zero-order chi connectivity index (χ0) is 10.5. The first-order valence-electron chi connectivity index (χ1n) is 6.10. The standard InChI is InChI=1S/C12H21N3/c1-13-12-14-9-11(15-12)8-7-10-5-3-2-4-6-10/h9-10H,2-8H2,1H3,(H2,13,14,15). The summed E-state index contributed by atoms with van der Waals surface area (Å²) in [6.45, 7) is 0. The van der Waals surface area contributed by atoms with Gasteiger partial charge in [0.1, 0.15) is 0 Å². The minimum absolute atomic E-state index is 0.883. The number of hydrogen-bond donors (Lipinski definition) is 2. The van der Waals surface area contributed by atoms with Crippen LogP contribution in [0.15, 0.2) is 6.20 Å². The fourth-order valence-corrected chi connectivity index (χ4v) is 2.45. The Balaban J connectivity index is 1.76. The third-order valence-corrected chi connectivity index (χ3v) is 3.41. The van der Waals surface area contributed by atoms with Gasteiger partial charge in [-0.2, -0.15) is 0 Å². The van der Waals surface area contributed by atoms with Crippen LogP contribution >= 0.6 is 0 Å². The van der Waals surface area contributed by atoms with Gasteiger partial charge in [0.25, 0.3) is 0 Å². The molecule has 2 N–H and O–H groups in total. The van der Waals surface area contributed by atoms with E-state index in [1.165, 1.54) is 44.2 Å². The van der Waals surface area contributed by atoms with E-state index < -0.39 is 0 Å². The fraction of sp³-hybridized carbons (Fsp3) is 0.750. The van der Waals surface area contributed by atoms with Crippen LogP contribution in [-0.2, 0) is 6.42 Å². The summed E-state index contributed by atoms with van der Waals surface area (Å²) < 4.78 is 0. The van der Waals surface area contributed by atoms with Crippen molar-refractivity contribution in [2.24, 2.45) is 5.92 Å². The Labute approximate surface area is 91.7 Å². The van der Waals surface area contributed by atoms with Crippen molar-refractivity contribution >= 4 is 5.95 Å². The fourth-order valence-electron chi connectivity index (χ4n) is 2.45. The number of imidazole rings is 1. The van der Waals surface area contributed by atoms with E-state index in [4.69, 9.17) is 0 Å². The molecule has 1 saturated carbocycles. The molecule has 0 bridgehead atoms. The first-order chi connectivity index (χ1) is 7.38. The molecule has 1 fully saturated rings. The lowest BCUT2D eigenvalue weighted by atomic mass is 9.86. The van der Waals surface area contributed by atoms with E-state index in [0.29, 0.717) is 0 Å². The summed E-state index contributed by atoms with van der Waals surface area (Å²) in [5, 5.41) is 3.02. The number of hydrogen-bond acceptors (Lipinski definition) is 2. The molecule has 15 heavy (non-hydrogen) atoms. The predicted molar refractivity (Wildman–Crippen MR) is 63.0 cm³/mol. The highest BCUT2D eigenvalue weighted by Gasteiger charge is 2.13. The lowest BCUT2D eigenvalue weighted by Gasteiger charge is -2.20. The highest BCUT2D eigenvalue weighted by atomic mass is 15.1. The molecule has 0 saturated heterocycles. The number of anilines is 1. The summed E-state index contributed by atoms with van der Waals surface area (Å²) in [6.07, 6.45) is 11.6. The SMILES string of the molecule is CNc1ncc(CCC2CCCCC2)[nH]1. The minimum atomic E-state index is 0.883. The Bertz CT molecular complexity index is 287. The molecular formula is C12H21N3. The van der Waals surface area contributed by atoms with E-state index in [2.05, 4.69) is 15.3 Å². The van der Waals surface area contributed by atoms with Crippen LogP contribution < -0.4 is 5.32 Å². The van der Waals surface area contributed by atoms with E-state index >= 15 is 0 Å². The summed E-state index contributed by atoms with van der Waals surface area (Å²) in [4.78, 5) is 7.51. The van der Waals surface area contributed by atoms with Crippen molar-refractivity contribution < 1.29 is 0 Å². The van der Waals surface area contributed by atoms with Gasteiger partial charge in [0.15, 0.2) is 5.95 Å². The molecule has 3 heteroatoms. The van der Waals surface area contributed by atoms with Crippen LogP contribution in [0.2, 0.25) is 0 Å². The quantitative estimate of drug-likeness (QED) is 0.797. The molecule has 1 aromatic heterocycles. The van der Waals surface area contributed by atoms with Crippen LogP contribution in [0.1, 0.15) is 44.2 Å².